The second-order valence-electron chi connectivity index (χ2n) is 5.35. The molecule has 0 aromatic heterocycles. The van der Waals surface area contributed by atoms with Crippen molar-refractivity contribution in [2.75, 3.05) is 27.2 Å². The average Bonchev–Trinajstić information content (AvgIpc) is 2.59. The molecule has 2 aromatic rings. The van der Waals surface area contributed by atoms with Gasteiger partial charge in [0.25, 0.3) is 0 Å². The number of nitrogens with zero attached hydrogens (tertiary/aromatic N) is 4. The second kappa shape index (κ2) is 8.76. The van der Waals surface area contributed by atoms with Crippen LogP contribution in [0, 0.1) is 11.6 Å². The van der Waals surface area contributed by atoms with Crippen molar-refractivity contribution in [3.8, 4) is 0 Å². The molecule has 0 saturated carbocycles. The van der Waals surface area contributed by atoms with E-state index in [-0.39, 0.29) is 11.6 Å². The number of hydrogen-bond acceptors (Lipinski definition) is 4. The Bertz CT molecular complexity index is 620. The molecule has 0 amide bonds. The third kappa shape index (κ3) is 6.16. The van der Waals surface area contributed by atoms with Gasteiger partial charge in [0.15, 0.2) is 0 Å². The Morgan fingerprint density at radius 3 is 1.38 bits per heavy atom. The first kappa shape index (κ1) is 17.6. The highest BCUT2D eigenvalue weighted by molar-refractivity contribution is 5.79. The zero-order valence-electron chi connectivity index (χ0n) is 13.7. The van der Waals surface area contributed by atoms with Gasteiger partial charge in [-0.1, -0.05) is 24.3 Å². The lowest BCUT2D eigenvalue weighted by molar-refractivity contribution is 0.272. The molecular weight excluding hydrogens is 310 g/mol. The van der Waals surface area contributed by atoms with Crippen LogP contribution in [0.15, 0.2) is 58.7 Å². The highest BCUT2D eigenvalue weighted by atomic mass is 19.1. The Kier molecular flexibility index (Phi) is 6.42. The van der Waals surface area contributed by atoms with Crippen LogP contribution in [0.3, 0.4) is 0 Å². The molecular formula is C18H20F2N4. The fraction of sp³-hybridized carbons (Fsp3) is 0.222. The van der Waals surface area contributed by atoms with E-state index in [4.69, 9.17) is 0 Å². The van der Waals surface area contributed by atoms with Crippen LogP contribution in [0.5, 0.6) is 0 Å². The van der Waals surface area contributed by atoms with Crippen LogP contribution in [-0.4, -0.2) is 49.6 Å². The SMILES string of the molecule is CN(CCN(C)/N=C/c1ccc(F)cc1)/N=C\c1ccc(F)cc1. The summed E-state index contributed by atoms with van der Waals surface area (Å²) in [6.45, 7) is 1.35. The molecule has 0 fully saturated rings. The number of likely N-dealkylation sites (N-methyl/N-ethyl adjacent to an activating group) is 2. The van der Waals surface area contributed by atoms with Gasteiger partial charge in [-0.25, -0.2) is 8.78 Å². The van der Waals surface area contributed by atoms with Gasteiger partial charge in [-0.05, 0) is 35.4 Å². The van der Waals surface area contributed by atoms with Crippen molar-refractivity contribution in [2.24, 2.45) is 10.2 Å². The molecule has 0 aliphatic carbocycles. The molecule has 0 saturated heterocycles. The molecule has 0 heterocycles. The number of rotatable bonds is 7. The van der Waals surface area contributed by atoms with E-state index in [9.17, 15) is 8.78 Å². The summed E-state index contributed by atoms with van der Waals surface area (Å²) in [5, 5.41) is 12.1. The van der Waals surface area contributed by atoms with Crippen molar-refractivity contribution >= 4 is 12.4 Å². The Balaban J connectivity index is 1.77. The third-order valence-electron chi connectivity index (χ3n) is 3.30. The molecule has 126 valence electrons. The van der Waals surface area contributed by atoms with Crippen LogP contribution in [0.4, 0.5) is 8.78 Å². The van der Waals surface area contributed by atoms with E-state index in [2.05, 4.69) is 10.2 Å². The van der Waals surface area contributed by atoms with Gasteiger partial charge in [0.05, 0.1) is 25.5 Å². The minimum Gasteiger partial charge on any atom is -0.298 e. The van der Waals surface area contributed by atoms with Crippen molar-refractivity contribution < 1.29 is 8.78 Å². The maximum Gasteiger partial charge on any atom is 0.123 e. The highest BCUT2D eigenvalue weighted by Gasteiger charge is 1.97. The quantitative estimate of drug-likeness (QED) is 0.577. The van der Waals surface area contributed by atoms with E-state index < -0.39 is 0 Å². The van der Waals surface area contributed by atoms with E-state index in [0.29, 0.717) is 13.1 Å². The Morgan fingerprint density at radius 2 is 1.04 bits per heavy atom. The molecule has 0 radical (unpaired) electrons. The zero-order valence-corrected chi connectivity index (χ0v) is 13.7. The molecule has 0 N–H and O–H groups in total. The van der Waals surface area contributed by atoms with Crippen LogP contribution in [0.2, 0.25) is 0 Å². The van der Waals surface area contributed by atoms with Gasteiger partial charge in [0.2, 0.25) is 0 Å². The van der Waals surface area contributed by atoms with Crippen LogP contribution in [0.1, 0.15) is 11.1 Å². The minimum absolute atomic E-state index is 0.263. The van der Waals surface area contributed by atoms with Gasteiger partial charge < -0.3 is 0 Å². The molecule has 0 aliphatic heterocycles. The van der Waals surface area contributed by atoms with Gasteiger partial charge >= 0.3 is 0 Å². The molecule has 0 atom stereocenters. The van der Waals surface area contributed by atoms with Gasteiger partial charge in [-0.3, -0.25) is 10.0 Å². The number of hydrogen-bond donors (Lipinski definition) is 0. The van der Waals surface area contributed by atoms with Gasteiger partial charge in [-0.15, -0.1) is 0 Å². The molecule has 6 heteroatoms. The molecule has 0 aliphatic rings. The Hall–Kier alpha value is -2.76. The summed E-state index contributed by atoms with van der Waals surface area (Å²) >= 11 is 0. The minimum atomic E-state index is -0.263. The second-order valence-corrected chi connectivity index (χ2v) is 5.35. The van der Waals surface area contributed by atoms with Crippen LogP contribution in [0.25, 0.3) is 0 Å². The predicted molar refractivity (Wildman–Crippen MR) is 93.2 cm³/mol. The highest BCUT2D eigenvalue weighted by Crippen LogP contribution is 2.01. The monoisotopic (exact) mass is 330 g/mol. The van der Waals surface area contributed by atoms with E-state index >= 15 is 0 Å². The summed E-state index contributed by atoms with van der Waals surface area (Å²) in [6, 6.07) is 12.3. The normalized spacial score (nSPS) is 11.3. The smallest absolute Gasteiger partial charge is 0.123 e. The van der Waals surface area contributed by atoms with Crippen molar-refractivity contribution in [2.45, 2.75) is 0 Å². The van der Waals surface area contributed by atoms with Gasteiger partial charge in [-0.2, -0.15) is 10.2 Å². The maximum atomic E-state index is 12.8. The summed E-state index contributed by atoms with van der Waals surface area (Å²) in [6.07, 6.45) is 3.36. The number of benzene rings is 2. The molecule has 0 unspecified atom stereocenters. The molecule has 0 spiro atoms. The van der Waals surface area contributed by atoms with Gasteiger partial charge in [0, 0.05) is 14.1 Å². The summed E-state index contributed by atoms with van der Waals surface area (Å²) in [4.78, 5) is 0. The molecule has 2 aromatic carbocycles. The van der Waals surface area contributed by atoms with E-state index in [0.717, 1.165) is 11.1 Å². The topological polar surface area (TPSA) is 31.2 Å². The lowest BCUT2D eigenvalue weighted by Crippen LogP contribution is -2.25. The Morgan fingerprint density at radius 1 is 0.708 bits per heavy atom. The largest absolute Gasteiger partial charge is 0.298 e. The maximum absolute atomic E-state index is 12.8. The first-order valence-corrected chi connectivity index (χ1v) is 7.54. The summed E-state index contributed by atoms with van der Waals surface area (Å²) < 4.78 is 25.6. The fourth-order valence-electron chi connectivity index (χ4n) is 1.83. The first-order valence-electron chi connectivity index (χ1n) is 7.54. The third-order valence-corrected chi connectivity index (χ3v) is 3.30. The average molecular weight is 330 g/mol. The summed E-state index contributed by atoms with van der Waals surface area (Å²) in [7, 11) is 3.72. The first-order chi connectivity index (χ1) is 11.5. The van der Waals surface area contributed by atoms with E-state index in [1.807, 2.05) is 14.1 Å². The van der Waals surface area contributed by atoms with E-state index in [1.54, 1.807) is 46.7 Å². The fourth-order valence-corrected chi connectivity index (χ4v) is 1.83. The van der Waals surface area contributed by atoms with Crippen LogP contribution in [-0.2, 0) is 0 Å². The molecule has 4 nitrogen and oxygen atoms in total. The summed E-state index contributed by atoms with van der Waals surface area (Å²) in [5.74, 6) is -0.526. The van der Waals surface area contributed by atoms with Crippen molar-refractivity contribution in [1.29, 1.82) is 0 Å². The van der Waals surface area contributed by atoms with Crippen molar-refractivity contribution in [3.05, 3.63) is 71.3 Å². The molecule has 0 bridgehead atoms. The van der Waals surface area contributed by atoms with Crippen molar-refractivity contribution in [3.63, 3.8) is 0 Å². The van der Waals surface area contributed by atoms with Crippen molar-refractivity contribution in [1.82, 2.24) is 10.0 Å². The number of hydrazone groups is 2. The molecule has 2 rings (SSSR count). The summed E-state index contributed by atoms with van der Waals surface area (Å²) in [5.41, 5.74) is 1.68. The lowest BCUT2D eigenvalue weighted by Gasteiger charge is -2.17. The van der Waals surface area contributed by atoms with Crippen LogP contribution < -0.4 is 0 Å². The Labute approximate surface area is 140 Å². The van der Waals surface area contributed by atoms with Crippen LogP contribution >= 0.6 is 0 Å². The number of halogens is 2. The molecule has 24 heavy (non-hydrogen) atoms. The predicted octanol–water partition coefficient (Wildman–Crippen LogP) is 3.20. The van der Waals surface area contributed by atoms with E-state index in [1.165, 1.54) is 24.3 Å². The lowest BCUT2D eigenvalue weighted by atomic mass is 10.2. The van der Waals surface area contributed by atoms with Gasteiger partial charge in [0.1, 0.15) is 11.6 Å². The standard InChI is InChI=1S/C18H20F2N4/c1-23(21-13-15-3-7-17(19)8-4-15)11-12-24(2)22-14-16-5-9-18(20)10-6-16/h3-10,13-14H,11-12H2,1-2H3/b21-13-,22-14+. The zero-order chi connectivity index (χ0) is 17.4.